The van der Waals surface area contributed by atoms with E-state index in [1.807, 2.05) is 18.4 Å². The highest BCUT2D eigenvalue weighted by molar-refractivity contribution is 5.87. The minimum Gasteiger partial charge on any atom is -0.333 e. The average molecular weight is 305 g/mol. The summed E-state index contributed by atoms with van der Waals surface area (Å²) < 4.78 is 3.73. The van der Waals surface area contributed by atoms with E-state index in [0.717, 1.165) is 12.2 Å². The Bertz CT molecular complexity index is 614. The highest BCUT2D eigenvalue weighted by atomic mass is 16.2. The van der Waals surface area contributed by atoms with Crippen LogP contribution < -0.4 is 10.6 Å². The lowest BCUT2D eigenvalue weighted by Crippen LogP contribution is -2.29. The molecule has 0 aromatic carbocycles. The number of anilines is 1. The lowest BCUT2D eigenvalue weighted by molar-refractivity contribution is 0.251. The van der Waals surface area contributed by atoms with Crippen LogP contribution in [0.5, 0.6) is 0 Å². The van der Waals surface area contributed by atoms with E-state index >= 15 is 0 Å². The predicted octanol–water partition coefficient (Wildman–Crippen LogP) is 2.03. The first-order valence-electron chi connectivity index (χ1n) is 7.41. The second kappa shape index (κ2) is 7.06. The van der Waals surface area contributed by atoms with Crippen LogP contribution in [0.1, 0.15) is 39.4 Å². The molecule has 0 unspecified atom stereocenters. The smallest absolute Gasteiger partial charge is 0.320 e. The van der Waals surface area contributed by atoms with E-state index in [4.69, 9.17) is 0 Å². The van der Waals surface area contributed by atoms with Gasteiger partial charge >= 0.3 is 6.03 Å². The van der Waals surface area contributed by atoms with Crippen molar-refractivity contribution >= 4 is 11.8 Å². The Morgan fingerprint density at radius 2 is 2.09 bits per heavy atom. The number of carbonyl (C=O) groups is 1. The molecule has 0 atom stereocenters. The van der Waals surface area contributed by atoms with Crippen LogP contribution in [0, 0.1) is 5.92 Å². The molecule has 2 amide bonds. The van der Waals surface area contributed by atoms with Crippen molar-refractivity contribution in [1.29, 1.82) is 0 Å². The van der Waals surface area contributed by atoms with E-state index in [1.54, 1.807) is 23.4 Å². The number of hydrogen-bond donors (Lipinski definition) is 2. The van der Waals surface area contributed by atoms with Crippen molar-refractivity contribution in [1.82, 2.24) is 29.9 Å². The van der Waals surface area contributed by atoms with E-state index in [-0.39, 0.29) is 12.1 Å². The maximum Gasteiger partial charge on any atom is 0.320 e. The SMILES string of the molecule is CC(C)Cn1cncc1CNC(=O)Nc1cn(C(C)C)nn1. The molecule has 0 radical (unpaired) electrons. The van der Waals surface area contributed by atoms with Gasteiger partial charge in [0.1, 0.15) is 0 Å². The third-order valence-corrected chi connectivity index (χ3v) is 3.07. The normalized spacial score (nSPS) is 11.2. The first kappa shape index (κ1) is 16.0. The molecule has 0 aliphatic rings. The Hall–Kier alpha value is -2.38. The van der Waals surface area contributed by atoms with Crippen molar-refractivity contribution < 1.29 is 4.79 Å². The van der Waals surface area contributed by atoms with Gasteiger partial charge in [0.05, 0.1) is 24.8 Å². The van der Waals surface area contributed by atoms with E-state index in [0.29, 0.717) is 18.3 Å². The summed E-state index contributed by atoms with van der Waals surface area (Å²) in [7, 11) is 0. The van der Waals surface area contributed by atoms with Gasteiger partial charge < -0.3 is 9.88 Å². The third kappa shape index (κ3) is 4.31. The number of imidazole rings is 1. The topological polar surface area (TPSA) is 89.7 Å². The molecule has 0 aliphatic carbocycles. The fourth-order valence-electron chi connectivity index (χ4n) is 1.97. The lowest BCUT2D eigenvalue weighted by atomic mass is 10.2. The lowest BCUT2D eigenvalue weighted by Gasteiger charge is -2.11. The predicted molar refractivity (Wildman–Crippen MR) is 83.3 cm³/mol. The van der Waals surface area contributed by atoms with Gasteiger partial charge in [-0.25, -0.2) is 14.5 Å². The zero-order chi connectivity index (χ0) is 16.1. The van der Waals surface area contributed by atoms with Crippen LogP contribution in [0.4, 0.5) is 10.6 Å². The van der Waals surface area contributed by atoms with E-state index in [1.165, 1.54) is 0 Å². The second-order valence-corrected chi connectivity index (χ2v) is 5.92. The molecule has 0 spiro atoms. The zero-order valence-corrected chi connectivity index (χ0v) is 13.4. The van der Waals surface area contributed by atoms with Gasteiger partial charge in [0.25, 0.3) is 0 Å². The molecule has 2 heterocycles. The van der Waals surface area contributed by atoms with Crippen molar-refractivity contribution in [2.75, 3.05) is 5.32 Å². The Kier molecular flexibility index (Phi) is 5.13. The number of carbonyl (C=O) groups excluding carboxylic acids is 1. The van der Waals surface area contributed by atoms with Crippen molar-refractivity contribution in [3.8, 4) is 0 Å². The van der Waals surface area contributed by atoms with Crippen LogP contribution in [-0.2, 0) is 13.1 Å². The van der Waals surface area contributed by atoms with E-state index in [2.05, 4.69) is 39.8 Å². The first-order valence-corrected chi connectivity index (χ1v) is 7.41. The Morgan fingerprint density at radius 1 is 1.32 bits per heavy atom. The third-order valence-electron chi connectivity index (χ3n) is 3.07. The van der Waals surface area contributed by atoms with Crippen LogP contribution in [-0.4, -0.2) is 30.6 Å². The summed E-state index contributed by atoms with van der Waals surface area (Å²) in [6.07, 6.45) is 5.24. The summed E-state index contributed by atoms with van der Waals surface area (Å²) in [4.78, 5) is 16.0. The van der Waals surface area contributed by atoms with Gasteiger partial charge in [0.2, 0.25) is 0 Å². The summed E-state index contributed by atoms with van der Waals surface area (Å²) in [5, 5.41) is 13.3. The molecule has 2 N–H and O–H groups in total. The van der Waals surface area contributed by atoms with Gasteiger partial charge in [0, 0.05) is 18.8 Å². The number of nitrogens with zero attached hydrogens (tertiary/aromatic N) is 5. The largest absolute Gasteiger partial charge is 0.333 e. The fourth-order valence-corrected chi connectivity index (χ4v) is 1.97. The van der Waals surface area contributed by atoms with Crippen molar-refractivity contribution in [3.63, 3.8) is 0 Å². The van der Waals surface area contributed by atoms with Crippen LogP contribution in [0.2, 0.25) is 0 Å². The molecule has 0 saturated heterocycles. The number of rotatable bonds is 6. The number of hydrogen-bond acceptors (Lipinski definition) is 4. The van der Waals surface area contributed by atoms with Gasteiger partial charge in [-0.2, -0.15) is 0 Å². The minimum atomic E-state index is -0.312. The molecule has 0 fully saturated rings. The number of nitrogens with one attached hydrogen (secondary N) is 2. The summed E-state index contributed by atoms with van der Waals surface area (Å²) in [5.41, 5.74) is 0.967. The van der Waals surface area contributed by atoms with Gasteiger partial charge in [0.15, 0.2) is 5.82 Å². The van der Waals surface area contributed by atoms with E-state index < -0.39 is 0 Å². The molecule has 0 saturated carbocycles. The summed E-state index contributed by atoms with van der Waals surface area (Å²) in [6, 6.07) is -0.107. The first-order chi connectivity index (χ1) is 10.5. The molecular weight excluding hydrogens is 282 g/mol. The van der Waals surface area contributed by atoms with Gasteiger partial charge in [-0.05, 0) is 19.8 Å². The Balaban J connectivity index is 1.86. The molecule has 120 valence electrons. The van der Waals surface area contributed by atoms with Crippen molar-refractivity contribution in [3.05, 3.63) is 24.4 Å². The van der Waals surface area contributed by atoms with Gasteiger partial charge in [-0.3, -0.25) is 5.32 Å². The summed E-state index contributed by atoms with van der Waals surface area (Å²) in [5.74, 6) is 0.953. The second-order valence-electron chi connectivity index (χ2n) is 5.92. The molecule has 2 rings (SSSR count). The van der Waals surface area contributed by atoms with Gasteiger partial charge in [-0.15, -0.1) is 5.10 Å². The van der Waals surface area contributed by atoms with Crippen molar-refractivity contribution in [2.24, 2.45) is 5.92 Å². The molecule has 8 heteroatoms. The van der Waals surface area contributed by atoms with E-state index in [9.17, 15) is 4.79 Å². The molecule has 0 bridgehead atoms. The highest BCUT2D eigenvalue weighted by Crippen LogP contribution is 2.07. The summed E-state index contributed by atoms with van der Waals surface area (Å²) in [6.45, 7) is 9.56. The Morgan fingerprint density at radius 3 is 2.73 bits per heavy atom. The van der Waals surface area contributed by atoms with Gasteiger partial charge in [-0.1, -0.05) is 19.1 Å². The number of urea groups is 1. The maximum absolute atomic E-state index is 11.9. The molecule has 0 aliphatic heterocycles. The molecule has 8 nitrogen and oxygen atoms in total. The highest BCUT2D eigenvalue weighted by Gasteiger charge is 2.09. The number of aromatic nitrogens is 5. The van der Waals surface area contributed by atoms with Crippen LogP contribution >= 0.6 is 0 Å². The molecular formula is C14H23N7O. The quantitative estimate of drug-likeness (QED) is 0.854. The molecule has 2 aromatic heterocycles. The Labute approximate surface area is 129 Å². The monoisotopic (exact) mass is 305 g/mol. The van der Waals surface area contributed by atoms with Crippen LogP contribution in [0.15, 0.2) is 18.7 Å². The van der Waals surface area contributed by atoms with Crippen LogP contribution in [0.25, 0.3) is 0 Å². The van der Waals surface area contributed by atoms with Crippen molar-refractivity contribution in [2.45, 2.75) is 46.8 Å². The number of amides is 2. The molecule has 2 aromatic rings. The summed E-state index contributed by atoms with van der Waals surface area (Å²) >= 11 is 0. The standard InChI is InChI=1S/C14H23N7O/c1-10(2)7-20-9-15-5-12(20)6-16-14(22)17-13-8-21(11(3)4)19-18-13/h5,8-11H,6-7H2,1-4H3,(H2,16,17,22). The average Bonchev–Trinajstić information content (AvgIpc) is 3.05. The fraction of sp³-hybridized carbons (Fsp3) is 0.571. The molecule has 22 heavy (non-hydrogen) atoms. The van der Waals surface area contributed by atoms with Crippen LogP contribution in [0.3, 0.4) is 0 Å². The maximum atomic E-state index is 11.9. The zero-order valence-electron chi connectivity index (χ0n) is 13.4. The minimum absolute atomic E-state index is 0.205.